The molecule has 0 radical (unpaired) electrons. The summed E-state index contributed by atoms with van der Waals surface area (Å²) >= 11 is 6.02. The van der Waals surface area contributed by atoms with Gasteiger partial charge in [-0.1, -0.05) is 79.2 Å². The molecule has 3 aromatic carbocycles. The molecule has 0 unspecified atom stereocenters. The van der Waals surface area contributed by atoms with E-state index < -0.39 is 0 Å². The fourth-order valence-electron chi connectivity index (χ4n) is 2.55. The molecule has 3 rings (SSSR count). The van der Waals surface area contributed by atoms with E-state index in [-0.39, 0.29) is 0 Å². The molecule has 0 fully saturated rings. The standard InChI is InChI=1S/C21H19ClN2/c1-2-16-8-6-7-11-20(16)23-24-21(17-9-4-3-5-10-17)18-12-14-19(22)15-13-18/h3-15,23H,2H2,1H3/b24-21-. The average Bonchev–Trinajstić information content (AvgIpc) is 2.64. The van der Waals surface area contributed by atoms with Gasteiger partial charge in [0.25, 0.3) is 0 Å². The van der Waals surface area contributed by atoms with Gasteiger partial charge in [0, 0.05) is 16.1 Å². The molecule has 0 saturated carbocycles. The van der Waals surface area contributed by atoms with Crippen LogP contribution >= 0.6 is 11.6 Å². The minimum absolute atomic E-state index is 0.718. The minimum atomic E-state index is 0.718. The highest BCUT2D eigenvalue weighted by molar-refractivity contribution is 6.30. The average molecular weight is 335 g/mol. The fourth-order valence-corrected chi connectivity index (χ4v) is 2.68. The second kappa shape index (κ2) is 7.80. The van der Waals surface area contributed by atoms with Crippen molar-refractivity contribution in [1.29, 1.82) is 0 Å². The van der Waals surface area contributed by atoms with Gasteiger partial charge in [-0.2, -0.15) is 5.10 Å². The van der Waals surface area contributed by atoms with Gasteiger partial charge in [-0.05, 0) is 30.2 Å². The van der Waals surface area contributed by atoms with Crippen LogP contribution in [-0.4, -0.2) is 5.71 Å². The van der Waals surface area contributed by atoms with Crippen molar-refractivity contribution >= 4 is 23.0 Å². The third-order valence-corrected chi connectivity index (χ3v) is 4.10. The highest BCUT2D eigenvalue weighted by Crippen LogP contribution is 2.18. The van der Waals surface area contributed by atoms with Gasteiger partial charge in [-0.15, -0.1) is 0 Å². The summed E-state index contributed by atoms with van der Waals surface area (Å²) in [7, 11) is 0. The van der Waals surface area contributed by atoms with Crippen LogP contribution in [0.15, 0.2) is 84.0 Å². The van der Waals surface area contributed by atoms with E-state index in [1.807, 2.05) is 60.7 Å². The highest BCUT2D eigenvalue weighted by atomic mass is 35.5. The first-order valence-electron chi connectivity index (χ1n) is 8.01. The predicted molar refractivity (Wildman–Crippen MR) is 103 cm³/mol. The quantitative estimate of drug-likeness (QED) is 0.465. The van der Waals surface area contributed by atoms with E-state index in [9.17, 15) is 0 Å². The number of rotatable bonds is 5. The number of halogens is 1. The lowest BCUT2D eigenvalue weighted by Crippen LogP contribution is -2.07. The molecule has 24 heavy (non-hydrogen) atoms. The third kappa shape index (κ3) is 3.84. The normalized spacial score (nSPS) is 11.3. The Labute approximate surface area is 147 Å². The molecule has 0 aliphatic rings. The van der Waals surface area contributed by atoms with Gasteiger partial charge in [0.1, 0.15) is 0 Å². The van der Waals surface area contributed by atoms with Crippen LogP contribution in [0, 0.1) is 0 Å². The summed E-state index contributed by atoms with van der Waals surface area (Å²) in [6, 6.07) is 26.1. The molecule has 120 valence electrons. The van der Waals surface area contributed by atoms with Crippen LogP contribution < -0.4 is 5.43 Å². The Morgan fingerprint density at radius 1 is 0.833 bits per heavy atom. The molecule has 0 spiro atoms. The SMILES string of the molecule is CCc1ccccc1N/N=C(/c1ccccc1)c1ccc(Cl)cc1. The van der Waals surface area contributed by atoms with Crippen molar-refractivity contribution in [3.63, 3.8) is 0 Å². The molecule has 0 bridgehead atoms. The molecular formula is C21H19ClN2. The Morgan fingerprint density at radius 2 is 1.46 bits per heavy atom. The zero-order valence-corrected chi connectivity index (χ0v) is 14.3. The van der Waals surface area contributed by atoms with E-state index in [1.54, 1.807) is 0 Å². The van der Waals surface area contributed by atoms with Crippen LogP contribution in [0.2, 0.25) is 5.02 Å². The number of nitrogens with one attached hydrogen (secondary N) is 1. The minimum Gasteiger partial charge on any atom is -0.278 e. The number of anilines is 1. The van der Waals surface area contributed by atoms with E-state index in [1.165, 1.54) is 5.56 Å². The number of hydrogen-bond acceptors (Lipinski definition) is 2. The molecule has 0 heterocycles. The van der Waals surface area contributed by atoms with Crippen molar-refractivity contribution in [2.24, 2.45) is 5.10 Å². The Kier molecular flexibility index (Phi) is 5.29. The zero-order valence-electron chi connectivity index (χ0n) is 13.5. The first-order chi connectivity index (χ1) is 11.8. The molecule has 0 atom stereocenters. The number of para-hydroxylation sites is 1. The molecule has 0 aliphatic heterocycles. The summed E-state index contributed by atoms with van der Waals surface area (Å²) in [5, 5.41) is 5.41. The largest absolute Gasteiger partial charge is 0.278 e. The lowest BCUT2D eigenvalue weighted by molar-refractivity contribution is 1.13. The lowest BCUT2D eigenvalue weighted by atomic mass is 10.0. The molecule has 2 nitrogen and oxygen atoms in total. The van der Waals surface area contributed by atoms with Gasteiger partial charge in [-0.3, -0.25) is 5.43 Å². The lowest BCUT2D eigenvalue weighted by Gasteiger charge is -2.11. The van der Waals surface area contributed by atoms with Crippen LogP contribution in [0.25, 0.3) is 0 Å². The van der Waals surface area contributed by atoms with Gasteiger partial charge in [0.15, 0.2) is 0 Å². The van der Waals surface area contributed by atoms with E-state index in [4.69, 9.17) is 16.7 Å². The topological polar surface area (TPSA) is 24.4 Å². The first kappa shape index (κ1) is 16.3. The van der Waals surface area contributed by atoms with Crippen LogP contribution in [0.3, 0.4) is 0 Å². The van der Waals surface area contributed by atoms with Crippen LogP contribution in [0.1, 0.15) is 23.6 Å². The van der Waals surface area contributed by atoms with Crippen molar-refractivity contribution in [3.05, 3.63) is 101 Å². The fraction of sp³-hybridized carbons (Fsp3) is 0.0952. The van der Waals surface area contributed by atoms with Crippen molar-refractivity contribution in [3.8, 4) is 0 Å². The first-order valence-corrected chi connectivity index (χ1v) is 8.38. The molecule has 3 aromatic rings. The smallest absolute Gasteiger partial charge is 0.0977 e. The van der Waals surface area contributed by atoms with Crippen molar-refractivity contribution in [2.45, 2.75) is 13.3 Å². The maximum atomic E-state index is 6.02. The zero-order chi connectivity index (χ0) is 16.8. The van der Waals surface area contributed by atoms with Crippen molar-refractivity contribution in [2.75, 3.05) is 5.43 Å². The third-order valence-electron chi connectivity index (χ3n) is 3.85. The number of benzene rings is 3. The number of nitrogens with zero attached hydrogens (tertiary/aromatic N) is 1. The summed E-state index contributed by atoms with van der Waals surface area (Å²) in [5.74, 6) is 0. The second-order valence-corrected chi connectivity index (χ2v) is 5.89. The molecule has 0 aromatic heterocycles. The van der Waals surface area contributed by atoms with Crippen molar-refractivity contribution < 1.29 is 0 Å². The van der Waals surface area contributed by atoms with Crippen LogP contribution in [0.5, 0.6) is 0 Å². The molecule has 1 N–H and O–H groups in total. The van der Waals surface area contributed by atoms with Gasteiger partial charge in [0.05, 0.1) is 11.4 Å². The maximum Gasteiger partial charge on any atom is 0.0977 e. The molecule has 0 amide bonds. The van der Waals surface area contributed by atoms with E-state index in [0.29, 0.717) is 0 Å². The monoisotopic (exact) mass is 334 g/mol. The molecular weight excluding hydrogens is 316 g/mol. The number of aryl methyl sites for hydroxylation is 1. The summed E-state index contributed by atoms with van der Waals surface area (Å²) in [4.78, 5) is 0. The van der Waals surface area contributed by atoms with E-state index in [2.05, 4.69) is 30.5 Å². The van der Waals surface area contributed by atoms with E-state index in [0.717, 1.165) is 34.0 Å². The summed E-state index contributed by atoms with van der Waals surface area (Å²) in [6.45, 7) is 2.14. The Morgan fingerprint density at radius 3 is 2.17 bits per heavy atom. The van der Waals surface area contributed by atoms with Gasteiger partial charge in [0.2, 0.25) is 0 Å². The Bertz CT molecular complexity index is 824. The number of hydrazone groups is 1. The maximum absolute atomic E-state index is 6.02. The van der Waals surface area contributed by atoms with Crippen LogP contribution in [-0.2, 0) is 6.42 Å². The summed E-state index contributed by atoms with van der Waals surface area (Å²) in [5.41, 5.74) is 8.47. The Balaban J connectivity index is 2.00. The van der Waals surface area contributed by atoms with E-state index >= 15 is 0 Å². The van der Waals surface area contributed by atoms with Crippen molar-refractivity contribution in [1.82, 2.24) is 0 Å². The van der Waals surface area contributed by atoms with Gasteiger partial charge >= 0.3 is 0 Å². The highest BCUT2D eigenvalue weighted by Gasteiger charge is 2.07. The summed E-state index contributed by atoms with van der Waals surface area (Å²) < 4.78 is 0. The van der Waals surface area contributed by atoms with Gasteiger partial charge < -0.3 is 0 Å². The predicted octanol–water partition coefficient (Wildman–Crippen LogP) is 5.77. The Hall–Kier alpha value is -2.58. The molecule has 0 aliphatic carbocycles. The molecule has 0 saturated heterocycles. The van der Waals surface area contributed by atoms with Gasteiger partial charge in [-0.25, -0.2) is 0 Å². The summed E-state index contributed by atoms with van der Waals surface area (Å²) in [6.07, 6.45) is 0.959. The molecule has 3 heteroatoms. The second-order valence-electron chi connectivity index (χ2n) is 5.46. The number of hydrogen-bond donors (Lipinski definition) is 1. The van der Waals surface area contributed by atoms with Crippen LogP contribution in [0.4, 0.5) is 5.69 Å².